The number of carbonyl (C=O) groups is 1. The number of hydrogen-bond donors (Lipinski definition) is 0. The van der Waals surface area contributed by atoms with E-state index in [1.54, 1.807) is 18.6 Å². The Hall–Kier alpha value is -3.95. The molecular weight excluding hydrogens is 440 g/mol. The molecule has 0 bridgehead atoms. The third-order valence-electron chi connectivity index (χ3n) is 6.72. The first kappa shape index (κ1) is 20.6. The first-order valence-corrected chi connectivity index (χ1v) is 11.1. The summed E-state index contributed by atoms with van der Waals surface area (Å²) in [5.74, 6) is -0.915. The molecule has 8 nitrogen and oxygen atoms in total. The lowest BCUT2D eigenvalue weighted by molar-refractivity contribution is 0.0590. The van der Waals surface area contributed by atoms with Gasteiger partial charge in [0.2, 0.25) is 0 Å². The molecule has 172 valence electrons. The number of halogens is 2. The van der Waals surface area contributed by atoms with E-state index in [0.717, 1.165) is 30.7 Å². The lowest BCUT2D eigenvalue weighted by atomic mass is 9.82. The van der Waals surface area contributed by atoms with E-state index in [4.69, 9.17) is 0 Å². The van der Waals surface area contributed by atoms with Gasteiger partial charge in [-0.15, -0.1) is 0 Å². The molecule has 2 saturated heterocycles. The fourth-order valence-corrected chi connectivity index (χ4v) is 4.89. The molecule has 2 aliphatic heterocycles. The summed E-state index contributed by atoms with van der Waals surface area (Å²) in [7, 11) is 0. The van der Waals surface area contributed by atoms with E-state index in [1.807, 2.05) is 30.0 Å². The molecule has 0 spiro atoms. The van der Waals surface area contributed by atoms with E-state index in [0.29, 0.717) is 47.1 Å². The van der Waals surface area contributed by atoms with Crippen LogP contribution in [0.2, 0.25) is 0 Å². The summed E-state index contributed by atoms with van der Waals surface area (Å²) < 4.78 is 27.2. The van der Waals surface area contributed by atoms with Gasteiger partial charge in [-0.25, -0.2) is 13.8 Å². The van der Waals surface area contributed by atoms with Crippen molar-refractivity contribution in [2.75, 3.05) is 24.5 Å². The van der Waals surface area contributed by atoms with Crippen LogP contribution in [0.4, 0.5) is 14.6 Å². The summed E-state index contributed by atoms with van der Waals surface area (Å²) in [6, 6.07) is 7.87. The Morgan fingerprint density at radius 2 is 1.79 bits per heavy atom. The van der Waals surface area contributed by atoms with Gasteiger partial charge < -0.3 is 9.80 Å². The van der Waals surface area contributed by atoms with Crippen LogP contribution >= 0.6 is 0 Å². The van der Waals surface area contributed by atoms with Crippen LogP contribution in [-0.2, 0) is 0 Å². The van der Waals surface area contributed by atoms with Crippen molar-refractivity contribution in [3.8, 4) is 5.69 Å². The molecule has 10 heteroatoms. The average Bonchev–Trinajstić information content (AvgIpc) is 3.35. The van der Waals surface area contributed by atoms with E-state index in [9.17, 15) is 13.6 Å². The van der Waals surface area contributed by atoms with Crippen molar-refractivity contribution in [3.63, 3.8) is 0 Å². The first-order valence-electron chi connectivity index (χ1n) is 11.1. The average molecular weight is 461 g/mol. The number of benzene rings is 2. The molecular formula is C24H21F2N7O. The number of rotatable bonds is 3. The second-order valence-corrected chi connectivity index (χ2v) is 8.84. The summed E-state index contributed by atoms with van der Waals surface area (Å²) in [5, 5.41) is 8.38. The molecule has 0 unspecified atom stereocenters. The highest BCUT2D eigenvalue weighted by Crippen LogP contribution is 2.36. The Balaban J connectivity index is 1.26. The Bertz CT molecular complexity index is 1410. The summed E-state index contributed by atoms with van der Waals surface area (Å²) in [4.78, 5) is 27.8. The molecule has 0 aliphatic carbocycles. The Kier molecular flexibility index (Phi) is 4.75. The monoisotopic (exact) mass is 461 g/mol. The van der Waals surface area contributed by atoms with Gasteiger partial charge in [-0.05, 0) is 25.5 Å². The van der Waals surface area contributed by atoms with E-state index in [1.165, 1.54) is 4.80 Å². The van der Waals surface area contributed by atoms with E-state index >= 15 is 0 Å². The van der Waals surface area contributed by atoms with Crippen LogP contribution in [0.1, 0.15) is 22.3 Å². The topological polar surface area (TPSA) is 80.0 Å². The highest BCUT2D eigenvalue weighted by molar-refractivity contribution is 5.98. The second-order valence-electron chi connectivity index (χ2n) is 8.84. The zero-order valence-electron chi connectivity index (χ0n) is 18.4. The van der Waals surface area contributed by atoms with Gasteiger partial charge in [0.15, 0.2) is 11.6 Å². The third-order valence-corrected chi connectivity index (χ3v) is 6.72. The van der Waals surface area contributed by atoms with Crippen molar-refractivity contribution in [1.29, 1.82) is 0 Å². The molecule has 4 heterocycles. The highest BCUT2D eigenvalue weighted by Gasteiger charge is 2.44. The van der Waals surface area contributed by atoms with Gasteiger partial charge in [-0.2, -0.15) is 15.0 Å². The summed E-state index contributed by atoms with van der Waals surface area (Å²) in [6.07, 6.45) is 5.63. The predicted octanol–water partition coefficient (Wildman–Crippen LogP) is 3.15. The number of aryl methyl sites for hydroxylation is 1. The molecule has 2 aliphatic rings. The third kappa shape index (κ3) is 3.37. The SMILES string of the molecule is Cc1ccc(-n2nccn2)c(C(=O)N2CC[C@@H]3CN(c4cnc5cc(F)c(F)cc5n4)[C@@H]3C2)c1. The molecule has 2 aromatic carbocycles. The number of nitrogens with zero attached hydrogens (tertiary/aromatic N) is 7. The maximum absolute atomic E-state index is 13.7. The molecule has 0 radical (unpaired) electrons. The molecule has 2 aromatic heterocycles. The zero-order valence-corrected chi connectivity index (χ0v) is 18.4. The van der Waals surface area contributed by atoms with E-state index < -0.39 is 11.6 Å². The number of aromatic nitrogens is 5. The van der Waals surface area contributed by atoms with Crippen LogP contribution in [0.15, 0.2) is 48.9 Å². The zero-order chi connectivity index (χ0) is 23.4. The number of hydrogen-bond acceptors (Lipinski definition) is 6. The van der Waals surface area contributed by atoms with Crippen molar-refractivity contribution < 1.29 is 13.6 Å². The summed E-state index contributed by atoms with van der Waals surface area (Å²) in [5.41, 5.74) is 2.79. The normalized spacial score (nSPS) is 19.7. The number of fused-ring (bicyclic) bond motifs is 2. The van der Waals surface area contributed by atoms with Crippen LogP contribution in [0.5, 0.6) is 0 Å². The Labute approximate surface area is 193 Å². The fraction of sp³-hybridized carbons (Fsp3) is 0.292. The van der Waals surface area contributed by atoms with Crippen LogP contribution in [-0.4, -0.2) is 61.4 Å². The number of amides is 1. The van der Waals surface area contributed by atoms with Gasteiger partial charge in [0.1, 0.15) is 5.82 Å². The maximum Gasteiger partial charge on any atom is 0.256 e. The van der Waals surface area contributed by atoms with Gasteiger partial charge in [0.05, 0.1) is 46.9 Å². The Morgan fingerprint density at radius 3 is 2.59 bits per heavy atom. The molecule has 4 aromatic rings. The minimum atomic E-state index is -0.949. The molecule has 2 atom stereocenters. The van der Waals surface area contributed by atoms with Crippen molar-refractivity contribution in [2.45, 2.75) is 19.4 Å². The summed E-state index contributed by atoms with van der Waals surface area (Å²) >= 11 is 0. The van der Waals surface area contributed by atoms with E-state index in [-0.39, 0.29) is 11.9 Å². The largest absolute Gasteiger partial charge is 0.350 e. The molecule has 2 fully saturated rings. The van der Waals surface area contributed by atoms with Crippen molar-refractivity contribution >= 4 is 22.8 Å². The Morgan fingerprint density at radius 1 is 1.03 bits per heavy atom. The summed E-state index contributed by atoms with van der Waals surface area (Å²) in [6.45, 7) is 3.95. The minimum absolute atomic E-state index is 0.0663. The lowest BCUT2D eigenvalue weighted by Crippen LogP contribution is -2.65. The second kappa shape index (κ2) is 7.82. The number of piperidine rings is 1. The van der Waals surface area contributed by atoms with Crippen LogP contribution < -0.4 is 4.90 Å². The highest BCUT2D eigenvalue weighted by atomic mass is 19.2. The fourth-order valence-electron chi connectivity index (χ4n) is 4.89. The number of anilines is 1. The molecule has 0 saturated carbocycles. The van der Waals surface area contributed by atoms with Crippen LogP contribution in [0.3, 0.4) is 0 Å². The van der Waals surface area contributed by atoms with Gasteiger partial charge in [0.25, 0.3) is 5.91 Å². The van der Waals surface area contributed by atoms with Crippen molar-refractivity contribution in [2.24, 2.45) is 5.92 Å². The number of carbonyl (C=O) groups excluding carboxylic acids is 1. The molecule has 6 rings (SSSR count). The molecule has 34 heavy (non-hydrogen) atoms. The lowest BCUT2D eigenvalue weighted by Gasteiger charge is -2.53. The smallest absolute Gasteiger partial charge is 0.256 e. The van der Waals surface area contributed by atoms with Gasteiger partial charge in [-0.1, -0.05) is 11.6 Å². The van der Waals surface area contributed by atoms with E-state index in [2.05, 4.69) is 25.1 Å². The quantitative estimate of drug-likeness (QED) is 0.466. The van der Waals surface area contributed by atoms with Gasteiger partial charge in [-0.3, -0.25) is 9.78 Å². The standard InChI is InChI=1S/C24H21F2N7O/c1-14-2-3-21(33-28-5-6-29-33)16(8-14)24(34)31-7-4-15-12-32(22(15)13-31)23-11-27-19-9-17(25)18(26)10-20(19)30-23/h2-3,5-6,8-11,15,22H,4,7,12-13H2,1H3/t15-,22-/m1/s1. The maximum atomic E-state index is 13.7. The van der Waals surface area contributed by atoms with Crippen LogP contribution in [0, 0.1) is 24.5 Å². The number of likely N-dealkylation sites (tertiary alicyclic amines) is 1. The van der Waals surface area contributed by atoms with Crippen molar-refractivity contribution in [3.05, 3.63) is 71.7 Å². The van der Waals surface area contributed by atoms with Crippen LogP contribution in [0.25, 0.3) is 16.7 Å². The van der Waals surface area contributed by atoms with Crippen molar-refractivity contribution in [1.82, 2.24) is 29.9 Å². The first-order chi connectivity index (χ1) is 16.5. The molecule has 1 amide bonds. The van der Waals surface area contributed by atoms with Gasteiger partial charge >= 0.3 is 0 Å². The minimum Gasteiger partial charge on any atom is -0.350 e. The molecule has 0 N–H and O–H groups in total. The van der Waals surface area contributed by atoms with Gasteiger partial charge in [0, 0.05) is 37.7 Å². The predicted molar refractivity (Wildman–Crippen MR) is 121 cm³/mol.